The summed E-state index contributed by atoms with van der Waals surface area (Å²) in [5, 5.41) is 19.5. The number of primary amides is 2. The summed E-state index contributed by atoms with van der Waals surface area (Å²) in [6, 6.07) is 9.16. The number of hydrogen-bond donors (Lipinski definition) is 12. The van der Waals surface area contributed by atoms with Gasteiger partial charge in [0.2, 0.25) is 53.2 Å². The average molecular weight is 998 g/mol. The van der Waals surface area contributed by atoms with Crippen LogP contribution in [0, 0.1) is 11.8 Å². The normalized spacial score (nSPS) is 14.0. The Balaban J connectivity index is 1.52. The molecule has 0 saturated carbocycles. The summed E-state index contributed by atoms with van der Waals surface area (Å²) >= 11 is 0. The van der Waals surface area contributed by atoms with Gasteiger partial charge in [-0.05, 0) is 61.1 Å². The Morgan fingerprint density at radius 3 is 1.92 bits per heavy atom. The van der Waals surface area contributed by atoms with E-state index in [-0.39, 0.29) is 57.3 Å². The number of aromatic nitrogens is 3. The number of fused-ring (bicyclic) bond motifs is 1. The summed E-state index contributed by atoms with van der Waals surface area (Å²) in [6.45, 7) is 9.81. The maximum Gasteiger partial charge on any atom is 0.246 e. The van der Waals surface area contributed by atoms with Gasteiger partial charge in [0.15, 0.2) is 0 Å². The number of rotatable bonds is 29. The van der Waals surface area contributed by atoms with E-state index in [0.717, 1.165) is 16.5 Å². The highest BCUT2D eigenvalue weighted by molar-refractivity contribution is 5.99. The SMILES string of the molecule is CCC(CC)(NC(=O)C(Cc1c[nH]c2ccccc12)NC(=O)C(CCC(N)=O)NC(=O)C(N)Cc1ccccc1)C(=O)NC(C(=O)NCC(=O)NC(Cc1cnc[nH]1)C(=O)NC(CC(C)C)C(N)=O)C(C)C. The fourth-order valence-corrected chi connectivity index (χ4v) is 8.08. The Bertz CT molecular complexity index is 2490. The first-order valence-electron chi connectivity index (χ1n) is 24.2. The number of nitrogens with one attached hydrogen (secondary N) is 9. The molecule has 72 heavy (non-hydrogen) atoms. The van der Waals surface area contributed by atoms with Crippen LogP contribution >= 0.6 is 0 Å². The highest BCUT2D eigenvalue weighted by Gasteiger charge is 2.41. The summed E-state index contributed by atoms with van der Waals surface area (Å²) in [4.78, 5) is 131. The van der Waals surface area contributed by atoms with Crippen molar-refractivity contribution in [2.75, 3.05) is 6.54 Å². The predicted octanol–water partition coefficient (Wildman–Crippen LogP) is -0.0857. The summed E-state index contributed by atoms with van der Waals surface area (Å²) in [5.74, 6) is -7.14. The van der Waals surface area contributed by atoms with Gasteiger partial charge in [-0.1, -0.05) is 90.1 Å². The van der Waals surface area contributed by atoms with Crippen LogP contribution in [0.15, 0.2) is 73.3 Å². The molecule has 2 heterocycles. The zero-order valence-electron chi connectivity index (χ0n) is 41.8. The third-order valence-electron chi connectivity index (χ3n) is 12.3. The second-order valence-electron chi connectivity index (χ2n) is 18.7. The van der Waals surface area contributed by atoms with Gasteiger partial charge in [-0.25, -0.2) is 4.98 Å². The Hall–Kier alpha value is -7.62. The Labute approximate surface area is 418 Å². The number of nitrogens with two attached hydrogens (primary N) is 3. The summed E-state index contributed by atoms with van der Waals surface area (Å²) in [5.41, 5.74) is 18.3. The molecule has 0 saturated heterocycles. The standard InChI is InChI=1S/C50H71N13O9/c1-7-50(8-2,49(72)62-42(29(5)6)48(71)56-26-41(65)58-39(23-32-25-54-27-57-32)46(69)60-37(43(53)66)20-28(3)4)63-47(70)38(22-31-24-55-35-17-13-12-16-33(31)35)61-45(68)36(18-19-40(52)64)59-44(67)34(51)21-30-14-10-9-11-15-30/h9-17,24-25,27-29,34,36-39,42,55H,7-8,18-23,26,51H2,1-6H3,(H2,52,64)(H2,53,66)(H,54,57)(H,56,71)(H,58,65)(H,59,67)(H,60,69)(H,61,68)(H,62,72)(H,63,70). The lowest BCUT2D eigenvalue weighted by atomic mass is 9.89. The molecule has 0 aliphatic carbocycles. The lowest BCUT2D eigenvalue weighted by molar-refractivity contribution is -0.139. The van der Waals surface area contributed by atoms with E-state index in [2.05, 4.69) is 52.2 Å². The Morgan fingerprint density at radius 2 is 1.31 bits per heavy atom. The predicted molar refractivity (Wildman–Crippen MR) is 268 cm³/mol. The highest BCUT2D eigenvalue weighted by Crippen LogP contribution is 2.22. The second kappa shape index (κ2) is 27.1. The molecular weight excluding hydrogens is 927 g/mol. The molecule has 0 aliphatic rings. The minimum Gasteiger partial charge on any atom is -0.370 e. The number of hydrogen-bond acceptors (Lipinski definition) is 11. The first-order chi connectivity index (χ1) is 34.2. The molecule has 6 atom stereocenters. The van der Waals surface area contributed by atoms with Crippen molar-refractivity contribution in [3.63, 3.8) is 0 Å². The van der Waals surface area contributed by atoms with Crippen LogP contribution < -0.4 is 54.4 Å². The molecule has 390 valence electrons. The minimum atomic E-state index is -1.64. The van der Waals surface area contributed by atoms with Crippen LogP contribution in [0.3, 0.4) is 0 Å². The van der Waals surface area contributed by atoms with Crippen molar-refractivity contribution in [1.82, 2.24) is 52.2 Å². The van der Waals surface area contributed by atoms with Crippen LogP contribution in [-0.4, -0.2) is 116 Å². The number of nitrogens with zero attached hydrogens (tertiary/aromatic N) is 1. The zero-order valence-corrected chi connectivity index (χ0v) is 41.8. The van der Waals surface area contributed by atoms with E-state index in [1.165, 1.54) is 12.5 Å². The molecule has 0 radical (unpaired) electrons. The van der Waals surface area contributed by atoms with Crippen molar-refractivity contribution in [3.05, 3.63) is 90.1 Å². The van der Waals surface area contributed by atoms with Crippen LogP contribution in [0.25, 0.3) is 10.9 Å². The van der Waals surface area contributed by atoms with Crippen molar-refractivity contribution < 1.29 is 43.2 Å². The van der Waals surface area contributed by atoms with Gasteiger partial charge >= 0.3 is 0 Å². The number of carbonyl (C=O) groups excluding carboxylic acids is 9. The van der Waals surface area contributed by atoms with Crippen molar-refractivity contribution >= 4 is 64.1 Å². The van der Waals surface area contributed by atoms with Gasteiger partial charge in [0, 0.05) is 48.3 Å². The fourth-order valence-electron chi connectivity index (χ4n) is 8.08. The second-order valence-corrected chi connectivity index (χ2v) is 18.7. The van der Waals surface area contributed by atoms with Crippen molar-refractivity contribution in [2.24, 2.45) is 29.0 Å². The molecule has 2 aromatic carbocycles. The lowest BCUT2D eigenvalue weighted by Gasteiger charge is -2.35. The number of amides is 9. The maximum absolute atomic E-state index is 14.6. The Morgan fingerprint density at radius 1 is 0.681 bits per heavy atom. The molecule has 6 unspecified atom stereocenters. The van der Waals surface area contributed by atoms with Gasteiger partial charge in [0.25, 0.3) is 0 Å². The van der Waals surface area contributed by atoms with E-state index in [1.54, 1.807) is 58.2 Å². The number of carbonyl (C=O) groups is 9. The van der Waals surface area contributed by atoms with Crippen molar-refractivity contribution in [2.45, 2.75) is 135 Å². The van der Waals surface area contributed by atoms with E-state index in [0.29, 0.717) is 11.3 Å². The third kappa shape index (κ3) is 16.8. The molecular formula is C50H71N13O9. The first-order valence-corrected chi connectivity index (χ1v) is 24.2. The lowest BCUT2D eigenvalue weighted by Crippen LogP contribution is -2.65. The van der Waals surface area contributed by atoms with Gasteiger partial charge in [-0.15, -0.1) is 0 Å². The van der Waals surface area contributed by atoms with Crippen LogP contribution in [-0.2, 0) is 62.4 Å². The number of aromatic amines is 2. The molecule has 9 amide bonds. The van der Waals surface area contributed by atoms with Crippen LogP contribution in [0.2, 0.25) is 0 Å². The zero-order chi connectivity index (χ0) is 53.1. The van der Waals surface area contributed by atoms with Gasteiger partial charge in [0.1, 0.15) is 35.7 Å². The quantitative estimate of drug-likeness (QED) is 0.0341. The molecule has 0 fully saturated rings. The number of imidazole rings is 1. The molecule has 22 nitrogen and oxygen atoms in total. The summed E-state index contributed by atoms with van der Waals surface area (Å²) in [6.07, 6.45) is 4.45. The van der Waals surface area contributed by atoms with Gasteiger partial charge in [-0.3, -0.25) is 43.2 Å². The monoisotopic (exact) mass is 998 g/mol. The van der Waals surface area contributed by atoms with Crippen molar-refractivity contribution in [1.29, 1.82) is 0 Å². The van der Waals surface area contributed by atoms with E-state index >= 15 is 0 Å². The van der Waals surface area contributed by atoms with E-state index in [1.807, 2.05) is 44.2 Å². The first kappa shape index (κ1) is 57.0. The molecule has 4 rings (SSSR count). The van der Waals surface area contributed by atoms with Gasteiger partial charge in [0.05, 0.1) is 18.9 Å². The number of para-hydroxylation sites is 1. The topological polar surface area (TPSA) is 360 Å². The van der Waals surface area contributed by atoms with Crippen LogP contribution in [0.1, 0.15) is 90.5 Å². The average Bonchev–Trinajstić information content (AvgIpc) is 4.02. The molecule has 0 bridgehead atoms. The molecule has 0 spiro atoms. The van der Waals surface area contributed by atoms with E-state index < -0.39 is 107 Å². The summed E-state index contributed by atoms with van der Waals surface area (Å²) in [7, 11) is 0. The number of H-pyrrole nitrogens is 2. The smallest absolute Gasteiger partial charge is 0.246 e. The van der Waals surface area contributed by atoms with Gasteiger partial charge in [-0.2, -0.15) is 0 Å². The van der Waals surface area contributed by atoms with Gasteiger partial charge < -0.3 is 64.4 Å². The molecule has 22 heteroatoms. The van der Waals surface area contributed by atoms with Crippen LogP contribution in [0.5, 0.6) is 0 Å². The Kier molecular flexibility index (Phi) is 21.4. The van der Waals surface area contributed by atoms with Crippen LogP contribution in [0.4, 0.5) is 0 Å². The summed E-state index contributed by atoms with van der Waals surface area (Å²) < 4.78 is 0. The highest BCUT2D eigenvalue weighted by atomic mass is 16.2. The molecule has 15 N–H and O–H groups in total. The maximum atomic E-state index is 14.6. The molecule has 0 aliphatic heterocycles. The fraction of sp³-hybridized carbons (Fsp3) is 0.480. The van der Waals surface area contributed by atoms with Crippen molar-refractivity contribution in [3.8, 4) is 0 Å². The largest absolute Gasteiger partial charge is 0.370 e. The third-order valence-corrected chi connectivity index (χ3v) is 12.3. The van der Waals surface area contributed by atoms with E-state index in [9.17, 15) is 43.2 Å². The molecule has 2 aromatic heterocycles. The number of benzene rings is 2. The minimum absolute atomic E-state index is 0.0164. The molecule has 4 aromatic rings. The van der Waals surface area contributed by atoms with E-state index in [4.69, 9.17) is 17.2 Å².